The minimum atomic E-state index is 0.365. The number of hydrogen-bond acceptors (Lipinski definition) is 4. The molecule has 0 amide bonds. The van der Waals surface area contributed by atoms with Gasteiger partial charge in [0.2, 0.25) is 0 Å². The lowest BCUT2D eigenvalue weighted by atomic mass is 10.2. The van der Waals surface area contributed by atoms with Gasteiger partial charge in [0, 0.05) is 52.0 Å². The number of guanidine groups is 1. The molecule has 1 aromatic rings. The number of hydrogen-bond donors (Lipinski definition) is 2. The predicted octanol–water partition coefficient (Wildman–Crippen LogP) is 0.907. The second-order valence-corrected chi connectivity index (χ2v) is 6.04. The van der Waals surface area contributed by atoms with Crippen molar-refractivity contribution >= 4 is 11.8 Å². The summed E-state index contributed by atoms with van der Waals surface area (Å²) in [6.07, 6.45) is 1.95. The summed E-state index contributed by atoms with van der Waals surface area (Å²) in [5.41, 5.74) is 1.16. The molecule has 6 nitrogen and oxygen atoms in total. The second-order valence-electron chi connectivity index (χ2n) is 6.04. The number of pyridine rings is 1. The first-order chi connectivity index (χ1) is 10.6. The summed E-state index contributed by atoms with van der Waals surface area (Å²) in [6.45, 7) is 9.21. The van der Waals surface area contributed by atoms with Gasteiger partial charge < -0.3 is 20.4 Å². The van der Waals surface area contributed by atoms with Crippen LogP contribution in [0.5, 0.6) is 0 Å². The average molecular weight is 304 g/mol. The molecular weight excluding hydrogens is 276 g/mol. The zero-order valence-electron chi connectivity index (χ0n) is 14.1. The third kappa shape index (κ3) is 4.87. The van der Waals surface area contributed by atoms with E-state index in [1.54, 1.807) is 7.05 Å². The van der Waals surface area contributed by atoms with Crippen LogP contribution in [0, 0.1) is 0 Å². The van der Waals surface area contributed by atoms with Crippen molar-refractivity contribution in [3.05, 3.63) is 23.9 Å². The molecule has 6 heteroatoms. The fraction of sp³-hybridized carbons (Fsp3) is 0.625. The van der Waals surface area contributed by atoms with Crippen LogP contribution in [0.2, 0.25) is 0 Å². The van der Waals surface area contributed by atoms with Gasteiger partial charge in [-0.05, 0) is 32.5 Å². The molecule has 0 spiro atoms. The molecule has 0 saturated carbocycles. The number of aliphatic imine (C=N–C) groups is 1. The van der Waals surface area contributed by atoms with Gasteiger partial charge in [0.05, 0.1) is 0 Å². The highest BCUT2D eigenvalue weighted by Gasteiger charge is 2.14. The molecule has 1 aromatic heterocycles. The number of aromatic nitrogens is 1. The standard InChI is InChI=1S/C16H28N6/c1-13(2)20-16(17-3)19-12-14-5-6-15(18-11-14)22-9-7-21(4)8-10-22/h5-6,11,13H,7-10,12H2,1-4H3,(H2,17,19,20). The van der Waals surface area contributed by atoms with Crippen LogP contribution in [-0.2, 0) is 6.54 Å². The van der Waals surface area contributed by atoms with E-state index in [-0.39, 0.29) is 0 Å². The summed E-state index contributed by atoms with van der Waals surface area (Å²) < 4.78 is 0. The van der Waals surface area contributed by atoms with Crippen molar-refractivity contribution in [1.82, 2.24) is 20.5 Å². The first-order valence-corrected chi connectivity index (χ1v) is 7.94. The fourth-order valence-corrected chi connectivity index (χ4v) is 2.40. The van der Waals surface area contributed by atoms with E-state index >= 15 is 0 Å². The summed E-state index contributed by atoms with van der Waals surface area (Å²) in [5.74, 6) is 1.89. The molecule has 2 heterocycles. The lowest BCUT2D eigenvalue weighted by molar-refractivity contribution is 0.312. The van der Waals surface area contributed by atoms with Crippen molar-refractivity contribution in [2.75, 3.05) is 45.2 Å². The zero-order valence-corrected chi connectivity index (χ0v) is 14.1. The molecule has 0 bridgehead atoms. The van der Waals surface area contributed by atoms with E-state index in [4.69, 9.17) is 0 Å². The average Bonchev–Trinajstić information content (AvgIpc) is 2.52. The van der Waals surface area contributed by atoms with E-state index in [2.05, 4.69) is 63.4 Å². The Kier molecular flexibility index (Phi) is 6.00. The van der Waals surface area contributed by atoms with Gasteiger partial charge in [-0.2, -0.15) is 0 Å². The molecule has 2 N–H and O–H groups in total. The summed E-state index contributed by atoms with van der Waals surface area (Å²) in [7, 11) is 3.95. The smallest absolute Gasteiger partial charge is 0.191 e. The normalized spacial score (nSPS) is 17.0. The van der Waals surface area contributed by atoms with E-state index in [1.165, 1.54) is 0 Å². The first kappa shape index (κ1) is 16.5. The molecule has 1 saturated heterocycles. The minimum absolute atomic E-state index is 0.365. The summed E-state index contributed by atoms with van der Waals surface area (Å²) >= 11 is 0. The summed E-state index contributed by atoms with van der Waals surface area (Å²) in [5, 5.41) is 6.57. The third-order valence-electron chi connectivity index (χ3n) is 3.75. The highest BCUT2D eigenvalue weighted by atomic mass is 15.3. The van der Waals surface area contributed by atoms with Crippen LogP contribution in [0.3, 0.4) is 0 Å². The molecule has 0 unspecified atom stereocenters. The predicted molar refractivity (Wildman–Crippen MR) is 92.4 cm³/mol. The number of nitrogens with zero attached hydrogens (tertiary/aromatic N) is 4. The molecule has 2 rings (SSSR count). The molecule has 1 fully saturated rings. The zero-order chi connectivity index (χ0) is 15.9. The molecule has 0 radical (unpaired) electrons. The number of likely N-dealkylation sites (N-methyl/N-ethyl adjacent to an activating group) is 1. The Balaban J connectivity index is 1.86. The van der Waals surface area contributed by atoms with Crippen molar-refractivity contribution < 1.29 is 0 Å². The molecule has 122 valence electrons. The Morgan fingerprint density at radius 1 is 1.27 bits per heavy atom. The Labute approximate surface area is 133 Å². The third-order valence-corrected chi connectivity index (χ3v) is 3.75. The van der Waals surface area contributed by atoms with E-state index in [9.17, 15) is 0 Å². The minimum Gasteiger partial charge on any atom is -0.354 e. The highest BCUT2D eigenvalue weighted by Crippen LogP contribution is 2.13. The van der Waals surface area contributed by atoms with Gasteiger partial charge in [0.25, 0.3) is 0 Å². The van der Waals surface area contributed by atoms with Crippen LogP contribution in [0.4, 0.5) is 5.82 Å². The molecule has 0 aromatic carbocycles. The Hall–Kier alpha value is -1.82. The molecule has 0 aliphatic carbocycles. The Morgan fingerprint density at radius 3 is 2.55 bits per heavy atom. The monoisotopic (exact) mass is 304 g/mol. The second kappa shape index (κ2) is 7.98. The van der Waals surface area contributed by atoms with Gasteiger partial charge in [-0.25, -0.2) is 4.98 Å². The van der Waals surface area contributed by atoms with Crippen molar-refractivity contribution in [3.8, 4) is 0 Å². The van der Waals surface area contributed by atoms with Gasteiger partial charge in [0.15, 0.2) is 5.96 Å². The van der Waals surface area contributed by atoms with E-state index in [1.807, 2.05) is 6.20 Å². The van der Waals surface area contributed by atoms with Crippen molar-refractivity contribution in [1.29, 1.82) is 0 Å². The Bertz CT molecular complexity index is 474. The summed E-state index contributed by atoms with van der Waals surface area (Å²) in [6, 6.07) is 4.61. The van der Waals surface area contributed by atoms with Crippen LogP contribution >= 0.6 is 0 Å². The quantitative estimate of drug-likeness (QED) is 0.639. The van der Waals surface area contributed by atoms with Crippen LogP contribution in [0.25, 0.3) is 0 Å². The van der Waals surface area contributed by atoms with E-state index < -0.39 is 0 Å². The lowest BCUT2D eigenvalue weighted by Gasteiger charge is -2.33. The maximum absolute atomic E-state index is 4.60. The van der Waals surface area contributed by atoms with E-state index in [0.717, 1.165) is 50.1 Å². The molecule has 1 aliphatic rings. The van der Waals surface area contributed by atoms with E-state index in [0.29, 0.717) is 6.04 Å². The SMILES string of the molecule is CN=C(NCc1ccc(N2CCN(C)CC2)nc1)NC(C)C. The van der Waals surface area contributed by atoms with Gasteiger partial charge in [-0.1, -0.05) is 6.07 Å². The number of piperazine rings is 1. The van der Waals surface area contributed by atoms with Crippen LogP contribution in [0.15, 0.2) is 23.3 Å². The van der Waals surface area contributed by atoms with Crippen LogP contribution < -0.4 is 15.5 Å². The maximum Gasteiger partial charge on any atom is 0.191 e. The summed E-state index contributed by atoms with van der Waals surface area (Å²) in [4.78, 5) is 13.5. The lowest BCUT2D eigenvalue weighted by Crippen LogP contribution is -2.44. The van der Waals surface area contributed by atoms with Crippen LogP contribution in [-0.4, -0.2) is 62.2 Å². The topological polar surface area (TPSA) is 55.8 Å². The number of rotatable bonds is 4. The molecule has 22 heavy (non-hydrogen) atoms. The number of anilines is 1. The molecule has 0 atom stereocenters. The van der Waals surface area contributed by atoms with Crippen molar-refractivity contribution in [2.24, 2.45) is 4.99 Å². The first-order valence-electron chi connectivity index (χ1n) is 7.94. The fourth-order valence-electron chi connectivity index (χ4n) is 2.40. The van der Waals surface area contributed by atoms with Gasteiger partial charge in [-0.3, -0.25) is 4.99 Å². The van der Waals surface area contributed by atoms with Gasteiger partial charge in [-0.15, -0.1) is 0 Å². The van der Waals surface area contributed by atoms with Crippen molar-refractivity contribution in [2.45, 2.75) is 26.4 Å². The van der Waals surface area contributed by atoms with Crippen molar-refractivity contribution in [3.63, 3.8) is 0 Å². The Morgan fingerprint density at radius 2 is 2.00 bits per heavy atom. The molecular formula is C16H28N6. The van der Waals surface area contributed by atoms with Gasteiger partial charge in [0.1, 0.15) is 5.82 Å². The maximum atomic E-state index is 4.60. The largest absolute Gasteiger partial charge is 0.354 e. The highest BCUT2D eigenvalue weighted by molar-refractivity contribution is 5.79. The number of nitrogens with one attached hydrogen (secondary N) is 2. The van der Waals surface area contributed by atoms with Crippen LogP contribution in [0.1, 0.15) is 19.4 Å². The molecule has 1 aliphatic heterocycles. The van der Waals surface area contributed by atoms with Gasteiger partial charge >= 0.3 is 0 Å².